The van der Waals surface area contributed by atoms with E-state index in [4.69, 9.17) is 4.98 Å². The molecule has 0 bridgehead atoms. The van der Waals surface area contributed by atoms with Crippen LogP contribution in [-0.4, -0.2) is 39.0 Å². The van der Waals surface area contributed by atoms with Gasteiger partial charge in [0.15, 0.2) is 0 Å². The van der Waals surface area contributed by atoms with Crippen molar-refractivity contribution in [2.45, 2.75) is 44.1 Å². The Balaban J connectivity index is 1.75. The Bertz CT molecular complexity index is 886. The summed E-state index contributed by atoms with van der Waals surface area (Å²) < 4.78 is 0. The van der Waals surface area contributed by atoms with Gasteiger partial charge in [-0.25, -0.2) is 4.79 Å². The second-order valence-corrected chi connectivity index (χ2v) is 8.57. The van der Waals surface area contributed by atoms with E-state index < -0.39 is 11.5 Å². The molecule has 6 heteroatoms. The number of hydrogen-bond donors (Lipinski definition) is 2. The number of aromatic nitrogens is 1. The van der Waals surface area contributed by atoms with Crippen molar-refractivity contribution >= 4 is 34.5 Å². The van der Waals surface area contributed by atoms with Crippen molar-refractivity contribution in [3.63, 3.8) is 0 Å². The van der Waals surface area contributed by atoms with Gasteiger partial charge in [-0.1, -0.05) is 11.6 Å². The molecule has 5 nitrogen and oxygen atoms in total. The number of hydrogen-bond acceptors (Lipinski definition) is 4. The lowest BCUT2D eigenvalue weighted by atomic mass is 9.91. The lowest BCUT2D eigenvalue weighted by Gasteiger charge is -2.33. The fourth-order valence-corrected chi connectivity index (χ4v) is 4.72. The largest absolute Gasteiger partial charge is 0.480 e. The molecule has 2 fully saturated rings. The molecule has 1 aliphatic carbocycles. The molecule has 0 unspecified atom stereocenters. The second-order valence-electron chi connectivity index (χ2n) is 7.34. The van der Waals surface area contributed by atoms with Crippen molar-refractivity contribution in [1.29, 1.82) is 0 Å². The SMILES string of the molecule is Cc1ccc2nc(C3CC3)cc(C(=O)NC3(C(=O)O)CCSCC3)c2c1. The number of aryl methyl sites for hydroxylation is 1. The molecule has 0 radical (unpaired) electrons. The predicted octanol–water partition coefficient (Wildman–Crippen LogP) is 3.50. The minimum atomic E-state index is -1.17. The van der Waals surface area contributed by atoms with E-state index in [1.54, 1.807) is 11.8 Å². The number of amides is 1. The molecule has 4 rings (SSSR count). The fraction of sp³-hybridized carbons (Fsp3) is 0.450. The third-order valence-electron chi connectivity index (χ3n) is 5.33. The number of carboxylic acid groups (broad SMARTS) is 1. The van der Waals surface area contributed by atoms with Crippen LogP contribution in [0.5, 0.6) is 0 Å². The highest BCUT2D eigenvalue weighted by molar-refractivity contribution is 7.99. The van der Waals surface area contributed by atoms with E-state index in [-0.39, 0.29) is 5.91 Å². The smallest absolute Gasteiger partial charge is 0.329 e. The molecule has 0 atom stereocenters. The van der Waals surface area contributed by atoms with Crippen molar-refractivity contribution in [3.05, 3.63) is 41.1 Å². The van der Waals surface area contributed by atoms with Gasteiger partial charge in [0.1, 0.15) is 5.54 Å². The van der Waals surface area contributed by atoms with Crippen molar-refractivity contribution in [3.8, 4) is 0 Å². The fourth-order valence-electron chi connectivity index (χ4n) is 3.53. The van der Waals surface area contributed by atoms with Crippen LogP contribution >= 0.6 is 11.8 Å². The maximum absolute atomic E-state index is 13.1. The second kappa shape index (κ2) is 6.58. The summed E-state index contributed by atoms with van der Waals surface area (Å²) in [5.41, 5.74) is 2.17. The first-order valence-electron chi connectivity index (χ1n) is 9.03. The van der Waals surface area contributed by atoms with E-state index in [2.05, 4.69) is 5.32 Å². The van der Waals surface area contributed by atoms with E-state index in [1.165, 1.54) is 0 Å². The molecule has 1 aliphatic heterocycles. The summed E-state index contributed by atoms with van der Waals surface area (Å²) in [7, 11) is 0. The third-order valence-corrected chi connectivity index (χ3v) is 6.32. The van der Waals surface area contributed by atoms with Gasteiger partial charge in [0.25, 0.3) is 5.91 Å². The molecule has 1 saturated heterocycles. The first kappa shape index (κ1) is 17.3. The Kier molecular flexibility index (Phi) is 4.39. The molecule has 2 heterocycles. The maximum atomic E-state index is 13.1. The van der Waals surface area contributed by atoms with Crippen LogP contribution in [-0.2, 0) is 4.79 Å². The molecule has 0 spiro atoms. The third kappa shape index (κ3) is 3.18. The van der Waals surface area contributed by atoms with E-state index in [1.807, 2.05) is 31.2 Å². The lowest BCUT2D eigenvalue weighted by Crippen LogP contribution is -2.56. The molecular formula is C20H22N2O3S. The van der Waals surface area contributed by atoms with Crippen molar-refractivity contribution in [1.82, 2.24) is 10.3 Å². The molecule has 2 N–H and O–H groups in total. The lowest BCUT2D eigenvalue weighted by molar-refractivity contribution is -0.144. The molecular weight excluding hydrogens is 348 g/mol. The van der Waals surface area contributed by atoms with Crippen molar-refractivity contribution in [2.24, 2.45) is 0 Å². The number of rotatable bonds is 4. The van der Waals surface area contributed by atoms with Crippen LogP contribution < -0.4 is 5.32 Å². The van der Waals surface area contributed by atoms with Gasteiger partial charge in [-0.2, -0.15) is 11.8 Å². The molecule has 1 saturated carbocycles. The molecule has 1 aromatic heterocycles. The molecule has 1 aromatic carbocycles. The summed E-state index contributed by atoms with van der Waals surface area (Å²) in [5, 5.41) is 13.4. The standard InChI is InChI=1S/C20H22N2O3S/c1-12-2-5-16-14(10-12)15(11-17(21-16)13-3-4-13)18(23)22-20(19(24)25)6-8-26-9-7-20/h2,5,10-11,13H,3-4,6-9H2,1H3,(H,22,23)(H,24,25). The summed E-state index contributed by atoms with van der Waals surface area (Å²) in [6.07, 6.45) is 3.11. The van der Waals surface area contributed by atoms with Gasteiger partial charge in [-0.3, -0.25) is 9.78 Å². The monoisotopic (exact) mass is 370 g/mol. The van der Waals surface area contributed by atoms with Crippen LogP contribution in [0.2, 0.25) is 0 Å². The van der Waals surface area contributed by atoms with E-state index in [0.717, 1.165) is 46.5 Å². The minimum absolute atomic E-state index is 0.306. The summed E-state index contributed by atoms with van der Waals surface area (Å²) in [5.74, 6) is 0.667. The average molecular weight is 370 g/mol. The number of carbonyl (C=O) groups is 2. The highest BCUT2D eigenvalue weighted by atomic mass is 32.2. The number of fused-ring (bicyclic) bond motifs is 1. The van der Waals surface area contributed by atoms with Crippen LogP contribution in [0, 0.1) is 6.92 Å². The molecule has 2 aliphatic rings. The van der Waals surface area contributed by atoms with Crippen molar-refractivity contribution in [2.75, 3.05) is 11.5 Å². The van der Waals surface area contributed by atoms with Gasteiger partial charge in [0.2, 0.25) is 0 Å². The summed E-state index contributed by atoms with van der Waals surface area (Å²) in [6.45, 7) is 1.98. The van der Waals surface area contributed by atoms with Gasteiger partial charge in [-0.05, 0) is 62.3 Å². The summed E-state index contributed by atoms with van der Waals surface area (Å²) in [6, 6.07) is 7.75. The number of nitrogens with one attached hydrogen (secondary N) is 1. The van der Waals surface area contributed by atoms with Gasteiger partial charge in [-0.15, -0.1) is 0 Å². The molecule has 26 heavy (non-hydrogen) atoms. The predicted molar refractivity (Wildman–Crippen MR) is 103 cm³/mol. The first-order chi connectivity index (χ1) is 12.5. The zero-order chi connectivity index (χ0) is 18.3. The summed E-state index contributed by atoms with van der Waals surface area (Å²) in [4.78, 5) is 29.8. The highest BCUT2D eigenvalue weighted by Crippen LogP contribution is 2.40. The highest BCUT2D eigenvalue weighted by Gasteiger charge is 2.41. The Morgan fingerprint density at radius 3 is 2.62 bits per heavy atom. The van der Waals surface area contributed by atoms with Crippen LogP contribution in [0.3, 0.4) is 0 Å². The number of carboxylic acids is 1. The van der Waals surface area contributed by atoms with E-state index >= 15 is 0 Å². The zero-order valence-electron chi connectivity index (χ0n) is 14.7. The molecule has 2 aromatic rings. The summed E-state index contributed by atoms with van der Waals surface area (Å²) >= 11 is 1.73. The Morgan fingerprint density at radius 1 is 1.23 bits per heavy atom. The Hall–Kier alpha value is -2.08. The number of carbonyl (C=O) groups excluding carboxylic acids is 1. The van der Waals surface area contributed by atoms with Crippen molar-refractivity contribution < 1.29 is 14.7 Å². The number of benzene rings is 1. The maximum Gasteiger partial charge on any atom is 0.329 e. The van der Waals surface area contributed by atoms with Crippen LogP contribution in [0.1, 0.15) is 53.2 Å². The van der Waals surface area contributed by atoms with Gasteiger partial charge in [0, 0.05) is 17.0 Å². The van der Waals surface area contributed by atoms with Crippen LogP contribution in [0.15, 0.2) is 24.3 Å². The molecule has 1 amide bonds. The average Bonchev–Trinajstić information content (AvgIpc) is 3.46. The number of pyridine rings is 1. The zero-order valence-corrected chi connectivity index (χ0v) is 15.6. The quantitative estimate of drug-likeness (QED) is 0.861. The minimum Gasteiger partial charge on any atom is -0.480 e. The Labute approximate surface area is 156 Å². The topological polar surface area (TPSA) is 79.3 Å². The normalized spacial score (nSPS) is 19.3. The number of aliphatic carboxylic acids is 1. The molecule has 136 valence electrons. The van der Waals surface area contributed by atoms with Crippen LogP contribution in [0.4, 0.5) is 0 Å². The number of thioether (sulfide) groups is 1. The van der Waals surface area contributed by atoms with Gasteiger partial charge in [0.05, 0.1) is 11.1 Å². The first-order valence-corrected chi connectivity index (χ1v) is 10.2. The van der Waals surface area contributed by atoms with Gasteiger partial charge >= 0.3 is 5.97 Å². The number of nitrogens with zero attached hydrogens (tertiary/aromatic N) is 1. The van der Waals surface area contributed by atoms with Gasteiger partial charge < -0.3 is 10.4 Å². The van der Waals surface area contributed by atoms with Crippen LogP contribution in [0.25, 0.3) is 10.9 Å². The van der Waals surface area contributed by atoms with E-state index in [0.29, 0.717) is 24.3 Å². The van der Waals surface area contributed by atoms with E-state index in [9.17, 15) is 14.7 Å². The Morgan fingerprint density at radius 2 is 1.96 bits per heavy atom.